The van der Waals surface area contributed by atoms with Gasteiger partial charge in [-0.1, -0.05) is 55.5 Å². The van der Waals surface area contributed by atoms with E-state index in [-0.39, 0.29) is 5.41 Å². The second kappa shape index (κ2) is 4.39. The van der Waals surface area contributed by atoms with Crippen LogP contribution in [0.5, 0.6) is 0 Å². The van der Waals surface area contributed by atoms with Crippen LogP contribution in [0.4, 0.5) is 11.4 Å². The highest BCUT2D eigenvalue weighted by molar-refractivity contribution is 5.75. The Bertz CT molecular complexity index is 552. The SMILES string of the molecule is CCC1(CC)c2ccccc2N([O])c2ccccc21. The molecular weight excluding hydrogens is 234 g/mol. The average molecular weight is 252 g/mol. The largest absolute Gasteiger partial charge is 0.188 e. The minimum absolute atomic E-state index is 0.0336. The van der Waals surface area contributed by atoms with E-state index >= 15 is 0 Å². The first kappa shape index (κ1) is 12.2. The third kappa shape index (κ3) is 1.53. The van der Waals surface area contributed by atoms with Crippen molar-refractivity contribution in [2.45, 2.75) is 32.1 Å². The van der Waals surface area contributed by atoms with Gasteiger partial charge in [0, 0.05) is 5.41 Å². The first-order valence-electron chi connectivity index (χ1n) is 6.91. The topological polar surface area (TPSA) is 23.1 Å². The van der Waals surface area contributed by atoms with Crippen LogP contribution in [0.2, 0.25) is 0 Å². The quantitative estimate of drug-likeness (QED) is 0.766. The van der Waals surface area contributed by atoms with Crippen LogP contribution in [-0.4, -0.2) is 0 Å². The average Bonchev–Trinajstić information content (AvgIpc) is 2.49. The van der Waals surface area contributed by atoms with E-state index in [1.165, 1.54) is 0 Å². The Morgan fingerprint density at radius 1 is 0.842 bits per heavy atom. The van der Waals surface area contributed by atoms with Gasteiger partial charge in [0.05, 0.1) is 11.4 Å². The zero-order valence-electron chi connectivity index (χ0n) is 11.4. The van der Waals surface area contributed by atoms with Crippen molar-refractivity contribution in [3.05, 3.63) is 59.7 Å². The molecule has 0 atom stereocenters. The maximum absolute atomic E-state index is 12.5. The van der Waals surface area contributed by atoms with Gasteiger partial charge in [-0.2, -0.15) is 5.06 Å². The zero-order chi connectivity index (χ0) is 13.5. The lowest BCUT2D eigenvalue weighted by molar-refractivity contribution is 0.189. The molecule has 0 saturated carbocycles. The molecule has 1 aliphatic heterocycles. The lowest BCUT2D eigenvalue weighted by Gasteiger charge is -2.41. The van der Waals surface area contributed by atoms with Gasteiger partial charge >= 0.3 is 0 Å². The van der Waals surface area contributed by atoms with Gasteiger partial charge < -0.3 is 0 Å². The van der Waals surface area contributed by atoms with Crippen molar-refractivity contribution in [2.75, 3.05) is 5.06 Å². The Morgan fingerprint density at radius 2 is 1.26 bits per heavy atom. The number of fused-ring (bicyclic) bond motifs is 2. The molecule has 1 radical (unpaired) electrons. The van der Waals surface area contributed by atoms with Gasteiger partial charge in [0.1, 0.15) is 0 Å². The van der Waals surface area contributed by atoms with Gasteiger partial charge in [-0.3, -0.25) is 0 Å². The number of para-hydroxylation sites is 2. The summed E-state index contributed by atoms with van der Waals surface area (Å²) in [5.74, 6) is 0. The molecule has 2 heteroatoms. The van der Waals surface area contributed by atoms with Gasteiger partial charge in [0.25, 0.3) is 0 Å². The van der Waals surface area contributed by atoms with Crippen molar-refractivity contribution in [2.24, 2.45) is 0 Å². The number of benzene rings is 2. The molecule has 0 aliphatic carbocycles. The van der Waals surface area contributed by atoms with E-state index in [0.717, 1.165) is 40.4 Å². The fourth-order valence-electron chi connectivity index (χ4n) is 3.40. The van der Waals surface area contributed by atoms with Crippen LogP contribution in [0.3, 0.4) is 0 Å². The van der Waals surface area contributed by atoms with E-state index < -0.39 is 0 Å². The molecule has 0 fully saturated rings. The van der Waals surface area contributed by atoms with Crippen molar-refractivity contribution < 1.29 is 5.21 Å². The molecule has 3 rings (SSSR count). The molecule has 2 aromatic rings. The minimum atomic E-state index is -0.0336. The van der Waals surface area contributed by atoms with E-state index in [9.17, 15) is 5.21 Å². The standard InChI is InChI=1S/C17H18NO/c1-3-17(4-2)13-9-5-7-11-15(13)18(19)16-12-8-6-10-14(16)17/h5-12H,3-4H2,1-2H3. The molecular formula is C17H18NO. The minimum Gasteiger partial charge on any atom is -0.188 e. The summed E-state index contributed by atoms with van der Waals surface area (Å²) in [6.45, 7) is 4.41. The van der Waals surface area contributed by atoms with Crippen LogP contribution >= 0.6 is 0 Å². The number of hydrogen-bond acceptors (Lipinski definition) is 1. The summed E-state index contributed by atoms with van der Waals surface area (Å²) in [5.41, 5.74) is 3.88. The second-order valence-corrected chi connectivity index (χ2v) is 5.12. The van der Waals surface area contributed by atoms with E-state index in [1.807, 2.05) is 36.4 Å². The van der Waals surface area contributed by atoms with Crippen molar-refractivity contribution in [1.29, 1.82) is 0 Å². The predicted molar refractivity (Wildman–Crippen MR) is 77.1 cm³/mol. The summed E-state index contributed by atoms with van der Waals surface area (Å²) in [7, 11) is 0. The summed E-state index contributed by atoms with van der Waals surface area (Å²) >= 11 is 0. The Hall–Kier alpha value is -1.80. The first-order valence-corrected chi connectivity index (χ1v) is 6.91. The molecule has 0 N–H and O–H groups in total. The van der Waals surface area contributed by atoms with Gasteiger partial charge in [-0.05, 0) is 36.1 Å². The third-order valence-corrected chi connectivity index (χ3v) is 4.48. The molecule has 1 aliphatic rings. The molecule has 2 aromatic carbocycles. The monoisotopic (exact) mass is 252 g/mol. The fourth-order valence-corrected chi connectivity index (χ4v) is 3.40. The van der Waals surface area contributed by atoms with Crippen molar-refractivity contribution in [3.8, 4) is 0 Å². The Labute approximate surface area is 114 Å². The van der Waals surface area contributed by atoms with Crippen molar-refractivity contribution in [3.63, 3.8) is 0 Å². The molecule has 0 spiro atoms. The number of hydrogen-bond donors (Lipinski definition) is 0. The molecule has 0 amide bonds. The molecule has 19 heavy (non-hydrogen) atoms. The normalized spacial score (nSPS) is 15.8. The highest BCUT2D eigenvalue weighted by Gasteiger charge is 2.40. The van der Waals surface area contributed by atoms with E-state index in [1.54, 1.807) is 0 Å². The van der Waals surface area contributed by atoms with Gasteiger partial charge in [-0.15, -0.1) is 0 Å². The second-order valence-electron chi connectivity index (χ2n) is 5.12. The van der Waals surface area contributed by atoms with Gasteiger partial charge in [-0.25, -0.2) is 0 Å². The van der Waals surface area contributed by atoms with E-state index in [2.05, 4.69) is 26.0 Å². The Kier molecular flexibility index (Phi) is 2.83. The van der Waals surface area contributed by atoms with Gasteiger partial charge in [0.15, 0.2) is 0 Å². The molecule has 2 nitrogen and oxygen atoms in total. The summed E-state index contributed by atoms with van der Waals surface area (Å²) in [5, 5.41) is 13.6. The maximum Gasteiger partial charge on any atom is 0.0767 e. The number of anilines is 2. The zero-order valence-corrected chi connectivity index (χ0v) is 11.4. The molecule has 1 heterocycles. The third-order valence-electron chi connectivity index (χ3n) is 4.48. The van der Waals surface area contributed by atoms with Crippen molar-refractivity contribution >= 4 is 11.4 Å². The maximum atomic E-state index is 12.5. The van der Waals surface area contributed by atoms with E-state index in [4.69, 9.17) is 0 Å². The molecule has 0 saturated heterocycles. The van der Waals surface area contributed by atoms with E-state index in [0.29, 0.717) is 0 Å². The van der Waals surface area contributed by atoms with Gasteiger partial charge in [0.2, 0.25) is 0 Å². The molecule has 0 unspecified atom stereocenters. The summed E-state index contributed by atoms with van der Waals surface area (Å²) < 4.78 is 0. The van der Waals surface area contributed by atoms with Crippen molar-refractivity contribution in [1.82, 2.24) is 0 Å². The summed E-state index contributed by atoms with van der Waals surface area (Å²) in [4.78, 5) is 0. The van der Waals surface area contributed by atoms with Crippen LogP contribution in [-0.2, 0) is 10.6 Å². The first-order chi connectivity index (χ1) is 9.24. The van der Waals surface area contributed by atoms with Crippen LogP contribution in [0.1, 0.15) is 37.8 Å². The Morgan fingerprint density at radius 3 is 1.68 bits per heavy atom. The van der Waals surface area contributed by atoms with Crippen LogP contribution in [0, 0.1) is 0 Å². The Balaban J connectivity index is 2.35. The highest BCUT2D eigenvalue weighted by Crippen LogP contribution is 2.51. The van der Waals surface area contributed by atoms with Crippen LogP contribution in [0.25, 0.3) is 0 Å². The molecule has 97 valence electrons. The van der Waals surface area contributed by atoms with Crippen LogP contribution in [0.15, 0.2) is 48.5 Å². The predicted octanol–water partition coefficient (Wildman–Crippen LogP) is 4.59. The molecule has 0 bridgehead atoms. The highest BCUT2D eigenvalue weighted by atomic mass is 16.5. The number of rotatable bonds is 2. The lowest BCUT2D eigenvalue weighted by Crippen LogP contribution is -2.34. The summed E-state index contributed by atoms with van der Waals surface area (Å²) in [6, 6.07) is 16.0. The molecule has 0 aromatic heterocycles. The number of nitrogens with zero attached hydrogens (tertiary/aromatic N) is 1. The lowest BCUT2D eigenvalue weighted by atomic mass is 9.67. The smallest absolute Gasteiger partial charge is 0.0767 e. The fraction of sp³-hybridized carbons (Fsp3) is 0.294. The summed E-state index contributed by atoms with van der Waals surface area (Å²) in [6.07, 6.45) is 2.01. The van der Waals surface area contributed by atoms with Crippen LogP contribution < -0.4 is 5.06 Å².